The van der Waals surface area contributed by atoms with Crippen LogP contribution < -0.4 is 10.3 Å². The zero-order valence-corrected chi connectivity index (χ0v) is 20.3. The van der Waals surface area contributed by atoms with E-state index in [0.29, 0.717) is 67.4 Å². The first-order valence-corrected chi connectivity index (χ1v) is 12.6. The van der Waals surface area contributed by atoms with Gasteiger partial charge in [0, 0.05) is 32.7 Å². The van der Waals surface area contributed by atoms with E-state index in [-0.39, 0.29) is 16.3 Å². The second-order valence-corrected chi connectivity index (χ2v) is 10.2. The van der Waals surface area contributed by atoms with E-state index >= 15 is 0 Å². The lowest BCUT2D eigenvalue weighted by molar-refractivity contribution is 0.222. The molecule has 0 aliphatic carbocycles. The summed E-state index contributed by atoms with van der Waals surface area (Å²) >= 11 is 0. The van der Waals surface area contributed by atoms with Crippen molar-refractivity contribution in [2.24, 2.45) is 0 Å². The third-order valence-electron chi connectivity index (χ3n) is 5.82. The van der Waals surface area contributed by atoms with Crippen LogP contribution in [-0.4, -0.2) is 77.2 Å². The Labute approximate surface area is 193 Å². The van der Waals surface area contributed by atoms with Gasteiger partial charge in [0.1, 0.15) is 17.0 Å². The largest absolute Gasteiger partial charge is 0.493 e. The lowest BCUT2D eigenvalue weighted by Gasteiger charge is -2.31. The molecule has 0 amide bonds. The number of aromatic nitrogens is 4. The number of aromatic amines is 1. The van der Waals surface area contributed by atoms with E-state index in [1.807, 2.05) is 20.9 Å². The normalized spacial score (nSPS) is 15.9. The minimum Gasteiger partial charge on any atom is -0.493 e. The molecule has 1 saturated heterocycles. The molecule has 1 N–H and O–H groups in total. The molecule has 1 fully saturated rings. The van der Waals surface area contributed by atoms with Gasteiger partial charge >= 0.3 is 0 Å². The van der Waals surface area contributed by atoms with Crippen LogP contribution in [0.1, 0.15) is 26.0 Å². The highest BCUT2D eigenvalue weighted by Crippen LogP contribution is 2.32. The summed E-state index contributed by atoms with van der Waals surface area (Å²) in [6.45, 7) is 8.86. The molecule has 178 valence electrons. The molecule has 1 aliphatic rings. The molecular formula is C22H30N6O4S. The Hall–Kier alpha value is -2.76. The summed E-state index contributed by atoms with van der Waals surface area (Å²) in [4.78, 5) is 22.7. The van der Waals surface area contributed by atoms with Crippen LogP contribution in [-0.2, 0) is 16.6 Å². The molecule has 0 radical (unpaired) electrons. The maximum absolute atomic E-state index is 13.3. The number of likely N-dealkylation sites (N-methyl/N-ethyl adjacent to an activating group) is 1. The average molecular weight is 475 g/mol. The third-order valence-corrected chi connectivity index (χ3v) is 7.71. The molecular weight excluding hydrogens is 444 g/mol. The van der Waals surface area contributed by atoms with Crippen LogP contribution in [0.4, 0.5) is 0 Å². The topological polar surface area (TPSA) is 113 Å². The van der Waals surface area contributed by atoms with Gasteiger partial charge in [0.2, 0.25) is 10.0 Å². The van der Waals surface area contributed by atoms with Crippen molar-refractivity contribution in [2.75, 3.05) is 39.8 Å². The van der Waals surface area contributed by atoms with E-state index in [1.54, 1.807) is 23.7 Å². The number of benzene rings is 1. The Bertz CT molecular complexity index is 1320. The average Bonchev–Trinajstić information content (AvgIpc) is 3.10. The third kappa shape index (κ3) is 4.40. The number of fused-ring (bicyclic) bond motifs is 1. The van der Waals surface area contributed by atoms with E-state index in [1.165, 1.54) is 10.4 Å². The van der Waals surface area contributed by atoms with Crippen LogP contribution in [0.3, 0.4) is 0 Å². The molecule has 0 bridgehead atoms. The van der Waals surface area contributed by atoms with E-state index in [2.05, 4.69) is 20.0 Å². The smallest absolute Gasteiger partial charge is 0.262 e. The number of piperazine rings is 1. The van der Waals surface area contributed by atoms with Gasteiger partial charge in [0.15, 0.2) is 5.65 Å². The standard InChI is InChI=1S/C22H30N6O4S/c1-5-9-28-21-19(15(3)25-28)22(29)24-20(23-21)17-14-16(7-8-18(17)32-6-2)33(30,31)27-12-10-26(4)11-13-27/h7-8,14H,5-6,9-13H2,1-4H3,(H,23,24,29). The summed E-state index contributed by atoms with van der Waals surface area (Å²) in [5, 5.41) is 4.89. The van der Waals surface area contributed by atoms with Gasteiger partial charge in [-0.1, -0.05) is 6.92 Å². The minimum absolute atomic E-state index is 0.145. The highest BCUT2D eigenvalue weighted by Gasteiger charge is 2.29. The van der Waals surface area contributed by atoms with Crippen molar-refractivity contribution in [3.8, 4) is 17.1 Å². The number of rotatable bonds is 7. The molecule has 33 heavy (non-hydrogen) atoms. The number of nitrogens with zero attached hydrogens (tertiary/aromatic N) is 5. The lowest BCUT2D eigenvalue weighted by atomic mass is 10.2. The quantitative estimate of drug-likeness (QED) is 0.556. The first kappa shape index (κ1) is 23.4. The molecule has 1 aromatic carbocycles. The molecule has 10 nitrogen and oxygen atoms in total. The van der Waals surface area contributed by atoms with Crippen molar-refractivity contribution < 1.29 is 13.2 Å². The van der Waals surface area contributed by atoms with Gasteiger partial charge in [-0.2, -0.15) is 9.40 Å². The summed E-state index contributed by atoms with van der Waals surface area (Å²) in [7, 11) is -1.72. The van der Waals surface area contributed by atoms with Crippen molar-refractivity contribution in [3.63, 3.8) is 0 Å². The van der Waals surface area contributed by atoms with Crippen molar-refractivity contribution in [3.05, 3.63) is 34.2 Å². The summed E-state index contributed by atoms with van der Waals surface area (Å²) in [6, 6.07) is 4.71. The van der Waals surface area contributed by atoms with Crippen molar-refractivity contribution in [2.45, 2.75) is 38.6 Å². The Morgan fingerprint density at radius 1 is 1.15 bits per heavy atom. The molecule has 3 heterocycles. The predicted molar refractivity (Wildman–Crippen MR) is 126 cm³/mol. The Morgan fingerprint density at radius 3 is 2.55 bits per heavy atom. The molecule has 0 unspecified atom stereocenters. The number of H-pyrrole nitrogens is 1. The number of hydrogen-bond donors (Lipinski definition) is 1. The number of hydrogen-bond acceptors (Lipinski definition) is 7. The van der Waals surface area contributed by atoms with Gasteiger partial charge in [0.05, 0.1) is 22.8 Å². The van der Waals surface area contributed by atoms with Crippen molar-refractivity contribution in [1.29, 1.82) is 0 Å². The molecule has 4 rings (SSSR count). The summed E-state index contributed by atoms with van der Waals surface area (Å²) in [5.41, 5.74) is 1.19. The maximum atomic E-state index is 13.3. The number of aryl methyl sites for hydroxylation is 2. The van der Waals surface area contributed by atoms with E-state index in [0.717, 1.165) is 6.42 Å². The van der Waals surface area contributed by atoms with Gasteiger partial charge < -0.3 is 14.6 Å². The Balaban J connectivity index is 1.85. The fourth-order valence-corrected chi connectivity index (χ4v) is 5.51. The first-order chi connectivity index (χ1) is 15.8. The Morgan fingerprint density at radius 2 is 1.88 bits per heavy atom. The molecule has 0 spiro atoms. The molecule has 3 aromatic rings. The molecule has 11 heteroatoms. The maximum Gasteiger partial charge on any atom is 0.262 e. The van der Waals surface area contributed by atoms with Crippen LogP contribution in [0.5, 0.6) is 5.75 Å². The highest BCUT2D eigenvalue weighted by atomic mass is 32.2. The van der Waals surface area contributed by atoms with Gasteiger partial charge in [-0.15, -0.1) is 0 Å². The predicted octanol–water partition coefficient (Wildman–Crippen LogP) is 1.84. The van der Waals surface area contributed by atoms with Gasteiger partial charge in [-0.25, -0.2) is 18.1 Å². The van der Waals surface area contributed by atoms with Gasteiger partial charge in [-0.05, 0) is 45.5 Å². The van der Waals surface area contributed by atoms with Gasteiger partial charge in [-0.3, -0.25) is 4.79 Å². The second kappa shape index (κ2) is 9.24. The van der Waals surface area contributed by atoms with E-state index < -0.39 is 10.0 Å². The van der Waals surface area contributed by atoms with Crippen LogP contribution in [0.25, 0.3) is 22.4 Å². The monoisotopic (exact) mass is 474 g/mol. The fourth-order valence-electron chi connectivity index (χ4n) is 4.06. The number of nitrogens with one attached hydrogen (secondary N) is 1. The summed E-state index contributed by atoms with van der Waals surface area (Å²) in [5.74, 6) is 0.708. The summed E-state index contributed by atoms with van der Waals surface area (Å²) in [6.07, 6.45) is 0.836. The van der Waals surface area contributed by atoms with E-state index in [4.69, 9.17) is 4.74 Å². The lowest BCUT2D eigenvalue weighted by Crippen LogP contribution is -2.47. The second-order valence-electron chi connectivity index (χ2n) is 8.22. The molecule has 0 atom stereocenters. The minimum atomic E-state index is -3.70. The molecule has 2 aromatic heterocycles. The zero-order chi connectivity index (χ0) is 23.8. The SMILES string of the molecule is CCCn1nc(C)c2c(=O)[nH]c(-c3cc(S(=O)(=O)N4CCN(C)CC4)ccc3OCC)nc21. The van der Waals surface area contributed by atoms with Crippen LogP contribution in [0, 0.1) is 6.92 Å². The van der Waals surface area contributed by atoms with Crippen LogP contribution >= 0.6 is 0 Å². The van der Waals surface area contributed by atoms with Gasteiger partial charge in [0.25, 0.3) is 5.56 Å². The number of sulfonamides is 1. The Kier molecular flexibility index (Phi) is 6.55. The van der Waals surface area contributed by atoms with E-state index in [9.17, 15) is 13.2 Å². The fraction of sp³-hybridized carbons (Fsp3) is 0.500. The first-order valence-electron chi connectivity index (χ1n) is 11.2. The van der Waals surface area contributed by atoms with Crippen LogP contribution in [0.2, 0.25) is 0 Å². The summed E-state index contributed by atoms with van der Waals surface area (Å²) < 4.78 is 35.6. The highest BCUT2D eigenvalue weighted by molar-refractivity contribution is 7.89. The van der Waals surface area contributed by atoms with Crippen LogP contribution in [0.15, 0.2) is 27.9 Å². The molecule has 1 aliphatic heterocycles. The molecule has 0 saturated carbocycles. The van der Waals surface area contributed by atoms with Crippen molar-refractivity contribution >= 4 is 21.1 Å². The zero-order valence-electron chi connectivity index (χ0n) is 19.5. The number of ether oxygens (including phenoxy) is 1. The van der Waals surface area contributed by atoms with Crippen molar-refractivity contribution in [1.82, 2.24) is 29.0 Å².